The van der Waals surface area contributed by atoms with E-state index in [-0.39, 0.29) is 5.97 Å². The van der Waals surface area contributed by atoms with Crippen molar-refractivity contribution in [2.45, 2.75) is 13.3 Å². The summed E-state index contributed by atoms with van der Waals surface area (Å²) in [4.78, 5) is 11.2. The van der Waals surface area contributed by atoms with Gasteiger partial charge in [-0.25, -0.2) is 4.79 Å². The summed E-state index contributed by atoms with van der Waals surface area (Å²) >= 11 is 0. The Balaban J connectivity index is 2.79. The topological polar surface area (TPSA) is 26.3 Å². The van der Waals surface area contributed by atoms with E-state index in [2.05, 4.69) is 6.58 Å². The average molecular weight is 216 g/mol. The number of carbonyl (C=O) groups excluding carboxylic acids is 1. The molecule has 2 heteroatoms. The standard InChI is InChI=1S/C14H16O2/c1-3-7-12-8-5-6-9-13(12)10-11-14(15)16-4-2/h3,5-6,8-11H,1,4,7H2,2H3/b11-10+. The van der Waals surface area contributed by atoms with Crippen molar-refractivity contribution in [1.29, 1.82) is 0 Å². The van der Waals surface area contributed by atoms with Crippen LogP contribution in [0.25, 0.3) is 6.08 Å². The lowest BCUT2D eigenvalue weighted by Crippen LogP contribution is -1.98. The van der Waals surface area contributed by atoms with Crippen LogP contribution in [-0.2, 0) is 16.0 Å². The molecule has 0 unspecified atom stereocenters. The van der Waals surface area contributed by atoms with E-state index in [9.17, 15) is 4.79 Å². The van der Waals surface area contributed by atoms with Gasteiger partial charge in [0.25, 0.3) is 0 Å². The van der Waals surface area contributed by atoms with Crippen LogP contribution < -0.4 is 0 Å². The summed E-state index contributed by atoms with van der Waals surface area (Å²) in [7, 11) is 0. The van der Waals surface area contributed by atoms with Crippen molar-refractivity contribution in [3.63, 3.8) is 0 Å². The molecule has 0 saturated carbocycles. The quantitative estimate of drug-likeness (QED) is 0.429. The summed E-state index contributed by atoms with van der Waals surface area (Å²) in [5, 5.41) is 0. The van der Waals surface area contributed by atoms with E-state index in [1.165, 1.54) is 6.08 Å². The van der Waals surface area contributed by atoms with Crippen LogP contribution in [-0.4, -0.2) is 12.6 Å². The molecule has 0 aliphatic heterocycles. The van der Waals surface area contributed by atoms with E-state index in [1.807, 2.05) is 30.3 Å². The second-order valence-electron chi connectivity index (χ2n) is 3.28. The van der Waals surface area contributed by atoms with Crippen LogP contribution in [0, 0.1) is 0 Å². The van der Waals surface area contributed by atoms with Crippen LogP contribution in [0.2, 0.25) is 0 Å². The van der Waals surface area contributed by atoms with E-state index in [0.29, 0.717) is 6.61 Å². The molecule has 0 atom stereocenters. The van der Waals surface area contributed by atoms with Gasteiger partial charge in [-0.1, -0.05) is 30.3 Å². The van der Waals surface area contributed by atoms with Crippen molar-refractivity contribution < 1.29 is 9.53 Å². The Morgan fingerprint density at radius 1 is 1.44 bits per heavy atom. The number of rotatable bonds is 5. The van der Waals surface area contributed by atoms with Crippen molar-refractivity contribution in [2.75, 3.05) is 6.61 Å². The zero-order valence-electron chi connectivity index (χ0n) is 9.48. The highest BCUT2D eigenvalue weighted by molar-refractivity contribution is 5.87. The molecule has 0 aromatic heterocycles. The van der Waals surface area contributed by atoms with Gasteiger partial charge in [0.15, 0.2) is 0 Å². The zero-order valence-corrected chi connectivity index (χ0v) is 9.48. The number of benzene rings is 1. The zero-order chi connectivity index (χ0) is 11.8. The van der Waals surface area contributed by atoms with Crippen LogP contribution in [0.1, 0.15) is 18.1 Å². The van der Waals surface area contributed by atoms with Crippen molar-refractivity contribution in [3.8, 4) is 0 Å². The maximum Gasteiger partial charge on any atom is 0.330 e. The van der Waals surface area contributed by atoms with Crippen molar-refractivity contribution in [2.24, 2.45) is 0 Å². The van der Waals surface area contributed by atoms with Crippen LogP contribution in [0.5, 0.6) is 0 Å². The van der Waals surface area contributed by atoms with Gasteiger partial charge < -0.3 is 4.74 Å². The van der Waals surface area contributed by atoms with Gasteiger partial charge in [-0.05, 0) is 30.5 Å². The van der Waals surface area contributed by atoms with Gasteiger partial charge in [-0.3, -0.25) is 0 Å². The molecule has 0 amide bonds. The van der Waals surface area contributed by atoms with E-state index >= 15 is 0 Å². The highest BCUT2D eigenvalue weighted by Crippen LogP contribution is 2.11. The van der Waals surface area contributed by atoms with Crippen LogP contribution in [0.3, 0.4) is 0 Å². The predicted octanol–water partition coefficient (Wildman–Crippen LogP) is 2.99. The van der Waals surface area contributed by atoms with E-state index in [4.69, 9.17) is 4.74 Å². The first-order chi connectivity index (χ1) is 7.77. The van der Waals surface area contributed by atoms with Gasteiger partial charge in [-0.2, -0.15) is 0 Å². The van der Waals surface area contributed by atoms with E-state index < -0.39 is 0 Å². The summed E-state index contributed by atoms with van der Waals surface area (Å²) < 4.78 is 4.82. The van der Waals surface area contributed by atoms with Gasteiger partial charge in [-0.15, -0.1) is 6.58 Å². The molecular weight excluding hydrogens is 200 g/mol. The largest absolute Gasteiger partial charge is 0.463 e. The first-order valence-corrected chi connectivity index (χ1v) is 5.31. The molecule has 0 N–H and O–H groups in total. The van der Waals surface area contributed by atoms with Crippen LogP contribution in [0.4, 0.5) is 0 Å². The molecule has 0 aliphatic carbocycles. The number of carbonyl (C=O) groups is 1. The molecule has 0 radical (unpaired) electrons. The maximum atomic E-state index is 11.2. The molecule has 0 saturated heterocycles. The Hall–Kier alpha value is -1.83. The molecule has 16 heavy (non-hydrogen) atoms. The summed E-state index contributed by atoms with van der Waals surface area (Å²) in [6.07, 6.45) is 5.86. The Labute approximate surface area is 96.2 Å². The Bertz CT molecular complexity index is 391. The summed E-state index contributed by atoms with van der Waals surface area (Å²) in [6, 6.07) is 7.90. The fourth-order valence-electron chi connectivity index (χ4n) is 1.39. The molecule has 2 nitrogen and oxygen atoms in total. The SMILES string of the molecule is C=CCc1ccccc1/C=C/C(=O)OCC. The molecule has 84 valence electrons. The minimum atomic E-state index is -0.309. The molecule has 1 aromatic rings. The molecule has 0 spiro atoms. The number of ether oxygens (including phenoxy) is 1. The Morgan fingerprint density at radius 3 is 2.88 bits per heavy atom. The second-order valence-corrected chi connectivity index (χ2v) is 3.28. The van der Waals surface area contributed by atoms with E-state index in [0.717, 1.165) is 17.5 Å². The highest BCUT2D eigenvalue weighted by atomic mass is 16.5. The van der Waals surface area contributed by atoms with Crippen molar-refractivity contribution in [1.82, 2.24) is 0 Å². The lowest BCUT2D eigenvalue weighted by atomic mass is 10.0. The molecule has 1 aromatic carbocycles. The number of esters is 1. The first kappa shape index (κ1) is 12.2. The monoisotopic (exact) mass is 216 g/mol. The third-order valence-electron chi connectivity index (χ3n) is 2.10. The Kier molecular flexibility index (Phi) is 5.06. The lowest BCUT2D eigenvalue weighted by molar-refractivity contribution is -0.137. The number of hydrogen-bond donors (Lipinski definition) is 0. The molecule has 0 fully saturated rings. The highest BCUT2D eigenvalue weighted by Gasteiger charge is 1.98. The minimum absolute atomic E-state index is 0.309. The van der Waals surface area contributed by atoms with Gasteiger partial charge in [0, 0.05) is 6.08 Å². The molecule has 0 heterocycles. The second kappa shape index (κ2) is 6.62. The minimum Gasteiger partial charge on any atom is -0.463 e. The molecular formula is C14H16O2. The average Bonchev–Trinajstić information content (AvgIpc) is 2.29. The normalized spacial score (nSPS) is 10.3. The smallest absolute Gasteiger partial charge is 0.330 e. The van der Waals surface area contributed by atoms with Gasteiger partial charge in [0.1, 0.15) is 0 Å². The summed E-state index contributed by atoms with van der Waals surface area (Å²) in [6.45, 7) is 5.90. The van der Waals surface area contributed by atoms with Gasteiger partial charge >= 0.3 is 5.97 Å². The Morgan fingerprint density at radius 2 is 2.19 bits per heavy atom. The van der Waals surface area contributed by atoms with Crippen molar-refractivity contribution in [3.05, 3.63) is 54.1 Å². The van der Waals surface area contributed by atoms with E-state index in [1.54, 1.807) is 13.0 Å². The van der Waals surface area contributed by atoms with Crippen LogP contribution in [0.15, 0.2) is 43.0 Å². The van der Waals surface area contributed by atoms with Gasteiger partial charge in [0.05, 0.1) is 6.61 Å². The lowest BCUT2D eigenvalue weighted by Gasteiger charge is -2.02. The number of allylic oxidation sites excluding steroid dienone is 1. The molecule has 0 bridgehead atoms. The summed E-state index contributed by atoms with van der Waals surface area (Å²) in [5.74, 6) is -0.309. The van der Waals surface area contributed by atoms with Crippen LogP contribution >= 0.6 is 0 Å². The predicted molar refractivity (Wildman–Crippen MR) is 66.0 cm³/mol. The fourth-order valence-corrected chi connectivity index (χ4v) is 1.39. The van der Waals surface area contributed by atoms with Crippen molar-refractivity contribution >= 4 is 12.0 Å². The fraction of sp³-hybridized carbons (Fsp3) is 0.214. The molecule has 0 aliphatic rings. The number of hydrogen-bond acceptors (Lipinski definition) is 2. The summed E-state index contributed by atoms with van der Waals surface area (Å²) in [5.41, 5.74) is 2.17. The third kappa shape index (κ3) is 3.73. The maximum absolute atomic E-state index is 11.2. The molecule has 1 rings (SSSR count). The first-order valence-electron chi connectivity index (χ1n) is 5.31. The van der Waals surface area contributed by atoms with Gasteiger partial charge in [0.2, 0.25) is 0 Å². The third-order valence-corrected chi connectivity index (χ3v) is 2.10.